The number of benzene rings is 1. The highest BCUT2D eigenvalue weighted by atomic mass is 28.3. The monoisotopic (exact) mass is 307 g/mol. The minimum absolute atomic E-state index is 0.0748. The number of nitrogens with zero attached hydrogens (tertiary/aromatic N) is 3. The van der Waals surface area contributed by atoms with E-state index in [1.54, 1.807) is 12.1 Å². The fraction of sp³-hybridized carbons (Fsp3) is 0.500. The summed E-state index contributed by atoms with van der Waals surface area (Å²) >= 11 is 0. The van der Waals surface area contributed by atoms with Crippen LogP contribution in [-0.2, 0) is 11.5 Å². The summed E-state index contributed by atoms with van der Waals surface area (Å²) in [6.07, 6.45) is 0. The van der Waals surface area contributed by atoms with Crippen LogP contribution < -0.4 is 0 Å². The molecule has 2 rings (SSSR count). The molecular formula is C14H21N3O3Si. The fourth-order valence-electron chi connectivity index (χ4n) is 2.04. The Morgan fingerprint density at radius 3 is 2.71 bits per heavy atom. The molecule has 0 aliphatic carbocycles. The van der Waals surface area contributed by atoms with Gasteiger partial charge in [-0.3, -0.25) is 10.1 Å². The maximum absolute atomic E-state index is 10.9. The summed E-state index contributed by atoms with van der Waals surface area (Å²) in [6, 6.07) is 5.81. The fourth-order valence-corrected chi connectivity index (χ4v) is 2.80. The van der Waals surface area contributed by atoms with E-state index in [2.05, 4.69) is 24.6 Å². The molecule has 114 valence electrons. The third-order valence-electron chi connectivity index (χ3n) is 3.35. The molecule has 0 amide bonds. The molecule has 1 aromatic heterocycles. The van der Waals surface area contributed by atoms with E-state index in [1.165, 1.54) is 6.07 Å². The van der Waals surface area contributed by atoms with Gasteiger partial charge >= 0.3 is 0 Å². The molecule has 2 aromatic rings. The van der Waals surface area contributed by atoms with Crippen molar-refractivity contribution in [2.45, 2.75) is 39.3 Å². The Kier molecular flexibility index (Phi) is 4.43. The van der Waals surface area contributed by atoms with E-state index in [9.17, 15) is 10.1 Å². The van der Waals surface area contributed by atoms with Gasteiger partial charge in [0.05, 0.1) is 16.0 Å². The van der Waals surface area contributed by atoms with Crippen molar-refractivity contribution in [3.8, 4) is 0 Å². The van der Waals surface area contributed by atoms with Gasteiger partial charge in [0, 0.05) is 26.8 Å². The molecule has 7 heteroatoms. The lowest BCUT2D eigenvalue weighted by atomic mass is 10.3. The predicted octanol–water partition coefficient (Wildman–Crippen LogP) is 3.57. The molecule has 6 nitrogen and oxygen atoms in total. The molecule has 0 saturated carbocycles. The van der Waals surface area contributed by atoms with Crippen molar-refractivity contribution in [3.05, 3.63) is 34.1 Å². The second kappa shape index (κ2) is 5.95. The third-order valence-corrected chi connectivity index (χ3v) is 5.05. The topological polar surface area (TPSA) is 70.2 Å². The van der Waals surface area contributed by atoms with Crippen LogP contribution in [0.1, 0.15) is 5.82 Å². The largest absolute Gasteiger partial charge is 0.361 e. The second-order valence-corrected chi connectivity index (χ2v) is 12.0. The summed E-state index contributed by atoms with van der Waals surface area (Å²) in [6.45, 7) is 9.89. The highest BCUT2D eigenvalue weighted by Crippen LogP contribution is 2.22. The summed E-state index contributed by atoms with van der Waals surface area (Å²) in [5, 5.41) is 10.9. The van der Waals surface area contributed by atoms with Crippen LogP contribution in [0.25, 0.3) is 11.0 Å². The highest BCUT2D eigenvalue weighted by Gasteiger charge is 2.14. The SMILES string of the molecule is Cc1nc2ccc([N+](=O)[O-])cc2n1COCC[Si](C)(C)C. The number of hydrogen-bond acceptors (Lipinski definition) is 4. The molecule has 0 saturated heterocycles. The molecular weight excluding hydrogens is 286 g/mol. The summed E-state index contributed by atoms with van der Waals surface area (Å²) in [5.74, 6) is 0.804. The van der Waals surface area contributed by atoms with E-state index >= 15 is 0 Å². The number of rotatable bonds is 6. The van der Waals surface area contributed by atoms with Gasteiger partial charge in [-0.05, 0) is 19.0 Å². The minimum Gasteiger partial charge on any atom is -0.361 e. The second-order valence-electron chi connectivity index (χ2n) is 6.37. The summed E-state index contributed by atoms with van der Waals surface area (Å²) in [4.78, 5) is 14.9. The van der Waals surface area contributed by atoms with Crippen molar-refractivity contribution in [3.63, 3.8) is 0 Å². The van der Waals surface area contributed by atoms with Crippen LogP contribution in [0.2, 0.25) is 25.7 Å². The molecule has 0 aliphatic rings. The van der Waals surface area contributed by atoms with Crippen LogP contribution in [0.3, 0.4) is 0 Å². The highest BCUT2D eigenvalue weighted by molar-refractivity contribution is 6.76. The molecule has 0 N–H and O–H groups in total. The standard InChI is InChI=1S/C14H21N3O3Si/c1-11-15-13-6-5-12(17(18)19)9-14(13)16(11)10-20-7-8-21(2,3)4/h5-6,9H,7-8,10H2,1-4H3. The van der Waals surface area contributed by atoms with Gasteiger partial charge in [-0.1, -0.05) is 19.6 Å². The van der Waals surface area contributed by atoms with E-state index in [-0.39, 0.29) is 5.69 Å². The number of imidazole rings is 1. The third kappa shape index (κ3) is 3.89. The van der Waals surface area contributed by atoms with Crippen molar-refractivity contribution in [1.82, 2.24) is 9.55 Å². The lowest BCUT2D eigenvalue weighted by Gasteiger charge is -2.16. The first-order valence-corrected chi connectivity index (χ1v) is 10.7. The quantitative estimate of drug-likeness (QED) is 0.354. The number of nitro groups is 1. The Bertz CT molecular complexity index is 661. The van der Waals surface area contributed by atoms with Gasteiger partial charge in [-0.2, -0.15) is 0 Å². The first-order chi connectivity index (χ1) is 9.78. The number of ether oxygens (including phenoxy) is 1. The predicted molar refractivity (Wildman–Crippen MR) is 85.2 cm³/mol. The lowest BCUT2D eigenvalue weighted by Crippen LogP contribution is -2.22. The van der Waals surface area contributed by atoms with Crippen molar-refractivity contribution >= 4 is 24.8 Å². The number of aryl methyl sites for hydroxylation is 1. The summed E-state index contributed by atoms with van der Waals surface area (Å²) in [7, 11) is -1.11. The van der Waals surface area contributed by atoms with Gasteiger partial charge in [-0.15, -0.1) is 0 Å². The average molecular weight is 307 g/mol. The molecule has 21 heavy (non-hydrogen) atoms. The number of fused-ring (bicyclic) bond motifs is 1. The van der Waals surface area contributed by atoms with Gasteiger partial charge in [0.25, 0.3) is 5.69 Å². The Balaban J connectivity index is 2.16. The molecule has 0 fully saturated rings. The zero-order valence-corrected chi connectivity index (χ0v) is 13.9. The summed E-state index contributed by atoms with van der Waals surface area (Å²) in [5.41, 5.74) is 1.58. The smallest absolute Gasteiger partial charge is 0.271 e. The van der Waals surface area contributed by atoms with Crippen molar-refractivity contribution in [2.75, 3.05) is 6.61 Å². The van der Waals surface area contributed by atoms with Crippen molar-refractivity contribution in [2.24, 2.45) is 0 Å². The van der Waals surface area contributed by atoms with E-state index in [1.807, 2.05) is 11.5 Å². The number of non-ortho nitro benzene ring substituents is 1. The van der Waals surface area contributed by atoms with E-state index in [0.29, 0.717) is 13.3 Å². The zero-order valence-electron chi connectivity index (χ0n) is 12.9. The first kappa shape index (κ1) is 15.7. The molecule has 0 bridgehead atoms. The van der Waals surface area contributed by atoms with Crippen LogP contribution in [0.4, 0.5) is 5.69 Å². The van der Waals surface area contributed by atoms with Crippen LogP contribution in [0.15, 0.2) is 18.2 Å². The maximum Gasteiger partial charge on any atom is 0.271 e. The van der Waals surface area contributed by atoms with Gasteiger partial charge in [0.2, 0.25) is 0 Å². The molecule has 0 spiro atoms. The van der Waals surface area contributed by atoms with Crippen molar-refractivity contribution in [1.29, 1.82) is 0 Å². The molecule has 0 unspecified atom stereocenters. The van der Waals surface area contributed by atoms with E-state index < -0.39 is 13.0 Å². The van der Waals surface area contributed by atoms with Crippen LogP contribution in [0, 0.1) is 17.0 Å². The Hall–Kier alpha value is -1.73. The molecule has 1 aromatic carbocycles. The number of aromatic nitrogens is 2. The maximum atomic E-state index is 10.9. The first-order valence-electron chi connectivity index (χ1n) is 6.97. The number of nitro benzene ring substituents is 1. The average Bonchev–Trinajstić information content (AvgIpc) is 2.68. The van der Waals surface area contributed by atoms with Gasteiger partial charge in [0.15, 0.2) is 0 Å². The Labute approximate surface area is 124 Å². The summed E-state index contributed by atoms with van der Waals surface area (Å²) < 4.78 is 7.61. The molecule has 0 atom stereocenters. The van der Waals surface area contributed by atoms with E-state index in [0.717, 1.165) is 22.9 Å². The van der Waals surface area contributed by atoms with Crippen LogP contribution in [0.5, 0.6) is 0 Å². The van der Waals surface area contributed by atoms with Crippen molar-refractivity contribution < 1.29 is 9.66 Å². The lowest BCUT2D eigenvalue weighted by molar-refractivity contribution is -0.384. The number of hydrogen-bond donors (Lipinski definition) is 0. The minimum atomic E-state index is -1.11. The Morgan fingerprint density at radius 1 is 1.38 bits per heavy atom. The van der Waals surface area contributed by atoms with Crippen LogP contribution >= 0.6 is 0 Å². The van der Waals surface area contributed by atoms with Gasteiger partial charge in [0.1, 0.15) is 12.6 Å². The Morgan fingerprint density at radius 2 is 2.10 bits per heavy atom. The van der Waals surface area contributed by atoms with E-state index in [4.69, 9.17) is 4.74 Å². The van der Waals surface area contributed by atoms with Gasteiger partial charge in [-0.25, -0.2) is 4.98 Å². The molecule has 0 aliphatic heterocycles. The molecule has 0 radical (unpaired) electrons. The zero-order chi connectivity index (χ0) is 15.6. The molecule has 1 heterocycles. The van der Waals surface area contributed by atoms with Gasteiger partial charge < -0.3 is 9.30 Å². The normalized spacial score (nSPS) is 12.0. The van der Waals surface area contributed by atoms with Crippen LogP contribution in [-0.4, -0.2) is 29.2 Å².